The van der Waals surface area contributed by atoms with Gasteiger partial charge in [-0.3, -0.25) is 9.69 Å². The zero-order valence-electron chi connectivity index (χ0n) is 19.4. The molecule has 3 aromatic rings. The molecule has 0 spiro atoms. The Kier molecular flexibility index (Phi) is 7.24. The Morgan fingerprint density at radius 2 is 1.94 bits per heavy atom. The smallest absolute Gasteiger partial charge is 0.241 e. The first-order chi connectivity index (χ1) is 16.1. The van der Waals surface area contributed by atoms with E-state index in [1.807, 2.05) is 55.6 Å². The number of para-hydroxylation sites is 1. The van der Waals surface area contributed by atoms with E-state index in [-0.39, 0.29) is 11.8 Å². The second-order valence-electron chi connectivity index (χ2n) is 8.32. The number of likely N-dealkylation sites (tertiary alicyclic amines) is 1. The molecule has 1 aliphatic rings. The van der Waals surface area contributed by atoms with Crippen LogP contribution in [0.3, 0.4) is 0 Å². The highest BCUT2D eigenvalue weighted by atomic mass is 16.5. The highest BCUT2D eigenvalue weighted by Crippen LogP contribution is 2.24. The summed E-state index contributed by atoms with van der Waals surface area (Å²) < 4.78 is 16.1. The SMILES string of the molecule is COc1ccc(-c2noc(CN3CCCC(C(=O)N(C)Cc4ccccc4OC)C3)n2)cc1. The lowest BCUT2D eigenvalue weighted by Gasteiger charge is -2.33. The number of benzene rings is 2. The molecule has 2 aromatic carbocycles. The fourth-order valence-electron chi connectivity index (χ4n) is 4.25. The van der Waals surface area contributed by atoms with Crippen LogP contribution in [-0.4, -0.2) is 60.2 Å². The summed E-state index contributed by atoms with van der Waals surface area (Å²) in [6.07, 6.45) is 1.84. The van der Waals surface area contributed by atoms with Crippen molar-refractivity contribution in [2.45, 2.75) is 25.9 Å². The molecular weight excluding hydrogens is 420 g/mol. The van der Waals surface area contributed by atoms with Crippen LogP contribution >= 0.6 is 0 Å². The highest BCUT2D eigenvalue weighted by molar-refractivity contribution is 5.79. The van der Waals surface area contributed by atoms with Gasteiger partial charge in [-0.2, -0.15) is 4.98 Å². The van der Waals surface area contributed by atoms with Crippen LogP contribution in [0, 0.1) is 5.92 Å². The van der Waals surface area contributed by atoms with E-state index >= 15 is 0 Å². The molecule has 0 saturated carbocycles. The van der Waals surface area contributed by atoms with Crippen molar-refractivity contribution in [3.05, 3.63) is 60.0 Å². The average Bonchev–Trinajstić information content (AvgIpc) is 3.32. The Bertz CT molecular complexity index is 1070. The van der Waals surface area contributed by atoms with Gasteiger partial charge in [0.25, 0.3) is 0 Å². The predicted octanol–water partition coefficient (Wildman–Crippen LogP) is 3.62. The summed E-state index contributed by atoms with van der Waals surface area (Å²) >= 11 is 0. The van der Waals surface area contributed by atoms with Gasteiger partial charge < -0.3 is 18.9 Å². The van der Waals surface area contributed by atoms with Gasteiger partial charge in [0.15, 0.2) is 0 Å². The molecule has 0 N–H and O–H groups in total. The van der Waals surface area contributed by atoms with Gasteiger partial charge in [0.1, 0.15) is 11.5 Å². The Morgan fingerprint density at radius 1 is 1.15 bits per heavy atom. The summed E-state index contributed by atoms with van der Waals surface area (Å²) in [7, 11) is 5.14. The van der Waals surface area contributed by atoms with Crippen molar-refractivity contribution in [1.29, 1.82) is 0 Å². The molecule has 1 fully saturated rings. The monoisotopic (exact) mass is 450 g/mol. The molecular formula is C25H30N4O4. The van der Waals surface area contributed by atoms with E-state index in [0.717, 1.165) is 42.0 Å². The Morgan fingerprint density at radius 3 is 2.70 bits per heavy atom. The fourth-order valence-corrected chi connectivity index (χ4v) is 4.25. The van der Waals surface area contributed by atoms with Crippen molar-refractivity contribution in [1.82, 2.24) is 19.9 Å². The third kappa shape index (κ3) is 5.51. The molecule has 0 radical (unpaired) electrons. The number of aromatic nitrogens is 2. The van der Waals surface area contributed by atoms with Crippen LogP contribution < -0.4 is 9.47 Å². The van der Waals surface area contributed by atoms with E-state index < -0.39 is 0 Å². The van der Waals surface area contributed by atoms with E-state index in [1.54, 1.807) is 19.1 Å². The summed E-state index contributed by atoms with van der Waals surface area (Å²) in [5, 5.41) is 4.11. The maximum Gasteiger partial charge on any atom is 0.241 e. The van der Waals surface area contributed by atoms with E-state index in [9.17, 15) is 4.79 Å². The van der Waals surface area contributed by atoms with Gasteiger partial charge >= 0.3 is 0 Å². The first-order valence-corrected chi connectivity index (χ1v) is 11.1. The third-order valence-electron chi connectivity index (χ3n) is 6.01. The number of rotatable bonds is 8. The molecule has 4 rings (SSSR count). The summed E-state index contributed by atoms with van der Waals surface area (Å²) in [6.45, 7) is 2.63. The van der Waals surface area contributed by atoms with Crippen molar-refractivity contribution in [3.8, 4) is 22.9 Å². The van der Waals surface area contributed by atoms with Crippen LogP contribution in [0.5, 0.6) is 11.5 Å². The number of ether oxygens (including phenoxy) is 2. The minimum Gasteiger partial charge on any atom is -0.497 e. The van der Waals surface area contributed by atoms with Gasteiger partial charge in [0.2, 0.25) is 17.6 Å². The largest absolute Gasteiger partial charge is 0.497 e. The van der Waals surface area contributed by atoms with Gasteiger partial charge in [-0.1, -0.05) is 23.4 Å². The molecule has 1 atom stereocenters. The summed E-state index contributed by atoms with van der Waals surface area (Å²) in [4.78, 5) is 21.7. The number of methoxy groups -OCH3 is 2. The van der Waals surface area contributed by atoms with Crippen molar-refractivity contribution in [2.24, 2.45) is 5.92 Å². The minimum atomic E-state index is -0.0533. The zero-order chi connectivity index (χ0) is 23.2. The second kappa shape index (κ2) is 10.5. The molecule has 1 aromatic heterocycles. The van der Waals surface area contributed by atoms with Crippen molar-refractivity contribution in [2.75, 3.05) is 34.4 Å². The molecule has 8 nitrogen and oxygen atoms in total. The number of carbonyl (C=O) groups is 1. The van der Waals surface area contributed by atoms with Gasteiger partial charge in [0, 0.05) is 31.3 Å². The number of nitrogens with zero attached hydrogens (tertiary/aromatic N) is 4. The predicted molar refractivity (Wildman–Crippen MR) is 124 cm³/mol. The summed E-state index contributed by atoms with van der Waals surface area (Å²) in [5.41, 5.74) is 1.87. The van der Waals surface area contributed by atoms with Crippen LogP contribution in [0.2, 0.25) is 0 Å². The maximum atomic E-state index is 13.1. The number of hydrogen-bond acceptors (Lipinski definition) is 7. The van der Waals surface area contributed by atoms with Gasteiger partial charge in [0.05, 0.1) is 26.7 Å². The van der Waals surface area contributed by atoms with Gasteiger partial charge in [-0.05, 0) is 49.7 Å². The molecule has 0 bridgehead atoms. The first kappa shape index (κ1) is 22.8. The first-order valence-electron chi connectivity index (χ1n) is 11.1. The van der Waals surface area contributed by atoms with Crippen molar-refractivity contribution in [3.63, 3.8) is 0 Å². The number of piperidine rings is 1. The van der Waals surface area contributed by atoms with Crippen LogP contribution in [-0.2, 0) is 17.9 Å². The number of carbonyl (C=O) groups excluding carboxylic acids is 1. The van der Waals surface area contributed by atoms with Crippen LogP contribution in [0.4, 0.5) is 0 Å². The molecule has 0 aliphatic carbocycles. The van der Waals surface area contributed by atoms with Crippen LogP contribution in [0.25, 0.3) is 11.4 Å². The molecule has 1 aliphatic heterocycles. The average molecular weight is 451 g/mol. The molecule has 1 unspecified atom stereocenters. The zero-order valence-corrected chi connectivity index (χ0v) is 19.4. The lowest BCUT2D eigenvalue weighted by molar-refractivity contribution is -0.136. The molecule has 2 heterocycles. The summed E-state index contributed by atoms with van der Waals surface area (Å²) in [6, 6.07) is 15.3. The fraction of sp³-hybridized carbons (Fsp3) is 0.400. The second-order valence-corrected chi connectivity index (χ2v) is 8.32. The molecule has 174 valence electrons. The number of amides is 1. The molecule has 8 heteroatoms. The summed E-state index contributed by atoms with van der Waals surface area (Å²) in [5.74, 6) is 2.77. The molecule has 1 saturated heterocycles. The Hall–Kier alpha value is -3.39. The standard InChI is InChI=1S/C25H30N4O4/c1-28(15-19-7-4-5-9-22(19)32-3)25(30)20-8-6-14-29(16-20)17-23-26-24(27-33-23)18-10-12-21(31-2)13-11-18/h4-5,7,9-13,20H,6,8,14-17H2,1-3H3. The van der Waals surface area contributed by atoms with E-state index in [1.165, 1.54) is 0 Å². The lowest BCUT2D eigenvalue weighted by Crippen LogP contribution is -2.43. The van der Waals surface area contributed by atoms with Crippen molar-refractivity contribution < 1.29 is 18.8 Å². The quantitative estimate of drug-likeness (QED) is 0.518. The topological polar surface area (TPSA) is 80.9 Å². The van der Waals surface area contributed by atoms with E-state index in [4.69, 9.17) is 14.0 Å². The Labute approximate surface area is 194 Å². The minimum absolute atomic E-state index is 0.0533. The van der Waals surface area contributed by atoms with Crippen LogP contribution in [0.1, 0.15) is 24.3 Å². The molecule has 1 amide bonds. The maximum absolute atomic E-state index is 13.1. The normalized spacial score (nSPS) is 16.4. The molecule has 33 heavy (non-hydrogen) atoms. The van der Waals surface area contributed by atoms with E-state index in [2.05, 4.69) is 15.0 Å². The van der Waals surface area contributed by atoms with Crippen molar-refractivity contribution >= 4 is 5.91 Å². The number of hydrogen-bond donors (Lipinski definition) is 0. The lowest BCUT2D eigenvalue weighted by atomic mass is 9.96. The van der Waals surface area contributed by atoms with E-state index in [0.29, 0.717) is 31.3 Å². The van der Waals surface area contributed by atoms with Crippen LogP contribution in [0.15, 0.2) is 53.1 Å². The van der Waals surface area contributed by atoms with Gasteiger partial charge in [-0.25, -0.2) is 0 Å². The Balaban J connectivity index is 1.35. The van der Waals surface area contributed by atoms with Gasteiger partial charge in [-0.15, -0.1) is 0 Å². The highest BCUT2D eigenvalue weighted by Gasteiger charge is 2.29. The third-order valence-corrected chi connectivity index (χ3v) is 6.01.